The number of nitrogens with zero attached hydrogens (tertiary/aromatic N) is 2. The van der Waals surface area contributed by atoms with Gasteiger partial charge in [0, 0.05) is 16.5 Å². The summed E-state index contributed by atoms with van der Waals surface area (Å²) in [6.07, 6.45) is 0. The zero-order valence-electron chi connectivity index (χ0n) is 10.1. The van der Waals surface area contributed by atoms with E-state index in [1.54, 1.807) is 18.2 Å². The third kappa shape index (κ3) is 3.36. The SMILES string of the molecule is CC(=O)c1ccc(Sc2nc(N)cc(N)n2)cc1Cl. The Morgan fingerprint density at radius 2 is 1.84 bits per heavy atom. The molecule has 7 heteroatoms. The molecule has 0 saturated heterocycles. The topological polar surface area (TPSA) is 94.9 Å². The van der Waals surface area contributed by atoms with Crippen molar-refractivity contribution in [3.05, 3.63) is 34.9 Å². The maximum atomic E-state index is 11.3. The molecule has 0 atom stereocenters. The second kappa shape index (κ2) is 5.46. The Hall–Kier alpha value is -1.79. The van der Waals surface area contributed by atoms with Crippen LogP contribution in [0.1, 0.15) is 17.3 Å². The smallest absolute Gasteiger partial charge is 0.196 e. The van der Waals surface area contributed by atoms with Crippen LogP contribution in [0.2, 0.25) is 5.02 Å². The second-order valence-corrected chi connectivity index (χ2v) is 5.25. The van der Waals surface area contributed by atoms with Crippen molar-refractivity contribution in [1.82, 2.24) is 9.97 Å². The van der Waals surface area contributed by atoms with Gasteiger partial charge >= 0.3 is 0 Å². The monoisotopic (exact) mass is 294 g/mol. The van der Waals surface area contributed by atoms with Crippen molar-refractivity contribution in [3.8, 4) is 0 Å². The normalized spacial score (nSPS) is 10.4. The first-order chi connectivity index (χ1) is 8.95. The van der Waals surface area contributed by atoms with Gasteiger partial charge in [-0.2, -0.15) is 0 Å². The van der Waals surface area contributed by atoms with Crippen molar-refractivity contribution in [2.75, 3.05) is 11.5 Å². The van der Waals surface area contributed by atoms with Crippen LogP contribution in [0.4, 0.5) is 11.6 Å². The Morgan fingerprint density at radius 1 is 1.21 bits per heavy atom. The van der Waals surface area contributed by atoms with Gasteiger partial charge in [0.05, 0.1) is 5.02 Å². The molecule has 0 spiro atoms. The molecule has 2 rings (SSSR count). The molecular formula is C12H11ClN4OS. The van der Waals surface area contributed by atoms with Crippen LogP contribution in [0.25, 0.3) is 0 Å². The number of hydrogen-bond acceptors (Lipinski definition) is 6. The zero-order chi connectivity index (χ0) is 14.0. The first-order valence-electron chi connectivity index (χ1n) is 5.34. The fourth-order valence-electron chi connectivity index (χ4n) is 1.46. The van der Waals surface area contributed by atoms with Crippen LogP contribution in [0, 0.1) is 0 Å². The van der Waals surface area contributed by atoms with Gasteiger partial charge < -0.3 is 11.5 Å². The predicted octanol–water partition coefficient (Wildman–Crippen LogP) is 2.65. The van der Waals surface area contributed by atoms with Crippen molar-refractivity contribution in [2.45, 2.75) is 17.0 Å². The molecule has 1 aromatic carbocycles. The van der Waals surface area contributed by atoms with Gasteiger partial charge in [-0.05, 0) is 36.9 Å². The van der Waals surface area contributed by atoms with Crippen molar-refractivity contribution in [2.24, 2.45) is 0 Å². The van der Waals surface area contributed by atoms with E-state index in [4.69, 9.17) is 23.1 Å². The van der Waals surface area contributed by atoms with Crippen LogP contribution in [0.15, 0.2) is 34.3 Å². The fourth-order valence-corrected chi connectivity index (χ4v) is 2.66. The van der Waals surface area contributed by atoms with Crippen molar-refractivity contribution < 1.29 is 4.79 Å². The molecule has 5 nitrogen and oxygen atoms in total. The van der Waals surface area contributed by atoms with E-state index in [1.807, 2.05) is 0 Å². The van der Waals surface area contributed by atoms with Gasteiger partial charge in [0.25, 0.3) is 0 Å². The van der Waals surface area contributed by atoms with Gasteiger partial charge in [-0.15, -0.1) is 0 Å². The lowest BCUT2D eigenvalue weighted by atomic mass is 10.1. The number of Topliss-reactive ketones (excluding diaryl/α,β-unsaturated/α-hetero) is 1. The number of hydrogen-bond donors (Lipinski definition) is 2. The lowest BCUT2D eigenvalue weighted by Gasteiger charge is -2.05. The quantitative estimate of drug-likeness (QED) is 0.667. The highest BCUT2D eigenvalue weighted by atomic mass is 35.5. The Morgan fingerprint density at radius 3 is 2.37 bits per heavy atom. The fraction of sp³-hybridized carbons (Fsp3) is 0.0833. The van der Waals surface area contributed by atoms with Crippen LogP contribution in [-0.4, -0.2) is 15.8 Å². The molecule has 1 heterocycles. The minimum atomic E-state index is -0.0778. The molecule has 0 fully saturated rings. The van der Waals surface area contributed by atoms with E-state index in [2.05, 4.69) is 9.97 Å². The van der Waals surface area contributed by atoms with E-state index in [1.165, 1.54) is 24.8 Å². The van der Waals surface area contributed by atoms with Crippen LogP contribution in [-0.2, 0) is 0 Å². The largest absolute Gasteiger partial charge is 0.383 e. The van der Waals surface area contributed by atoms with Crippen LogP contribution in [0.3, 0.4) is 0 Å². The first-order valence-corrected chi connectivity index (χ1v) is 6.53. The molecular weight excluding hydrogens is 284 g/mol. The highest BCUT2D eigenvalue weighted by Gasteiger charge is 2.09. The van der Waals surface area contributed by atoms with Crippen molar-refractivity contribution in [3.63, 3.8) is 0 Å². The molecule has 2 aromatic rings. The molecule has 98 valence electrons. The molecule has 0 unspecified atom stereocenters. The Kier molecular flexibility index (Phi) is 3.92. The van der Waals surface area contributed by atoms with E-state index >= 15 is 0 Å². The lowest BCUT2D eigenvalue weighted by molar-refractivity contribution is 0.101. The van der Waals surface area contributed by atoms with Crippen molar-refractivity contribution >= 4 is 40.8 Å². The molecule has 4 N–H and O–H groups in total. The third-order valence-electron chi connectivity index (χ3n) is 2.27. The third-order valence-corrected chi connectivity index (χ3v) is 3.44. The van der Waals surface area contributed by atoms with Gasteiger partial charge in [-0.3, -0.25) is 4.79 Å². The molecule has 0 amide bonds. The van der Waals surface area contributed by atoms with Gasteiger partial charge in [0.2, 0.25) is 0 Å². The summed E-state index contributed by atoms with van der Waals surface area (Å²) < 4.78 is 0. The molecule has 0 aliphatic rings. The summed E-state index contributed by atoms with van der Waals surface area (Å²) in [7, 11) is 0. The minimum Gasteiger partial charge on any atom is -0.383 e. The van der Waals surface area contributed by atoms with E-state index < -0.39 is 0 Å². The summed E-state index contributed by atoms with van der Waals surface area (Å²) in [5.41, 5.74) is 11.7. The van der Waals surface area contributed by atoms with Crippen LogP contribution >= 0.6 is 23.4 Å². The summed E-state index contributed by atoms with van der Waals surface area (Å²) in [5.74, 6) is 0.536. The van der Waals surface area contributed by atoms with E-state index in [9.17, 15) is 4.79 Å². The van der Waals surface area contributed by atoms with Crippen LogP contribution < -0.4 is 11.5 Å². The van der Waals surface area contributed by atoms with E-state index in [-0.39, 0.29) is 5.78 Å². The number of halogens is 1. The molecule has 1 aromatic heterocycles. The number of aromatic nitrogens is 2. The summed E-state index contributed by atoms with van der Waals surface area (Å²) in [6.45, 7) is 1.47. The van der Waals surface area contributed by atoms with Crippen molar-refractivity contribution in [1.29, 1.82) is 0 Å². The van der Waals surface area contributed by atoms with E-state index in [0.29, 0.717) is 27.4 Å². The number of nitrogen functional groups attached to an aromatic ring is 2. The number of ketones is 1. The molecule has 0 bridgehead atoms. The number of rotatable bonds is 3. The van der Waals surface area contributed by atoms with Gasteiger partial charge in [-0.25, -0.2) is 9.97 Å². The molecule has 19 heavy (non-hydrogen) atoms. The summed E-state index contributed by atoms with van der Waals surface area (Å²) >= 11 is 7.30. The average Bonchev–Trinajstić information content (AvgIpc) is 2.26. The predicted molar refractivity (Wildman–Crippen MR) is 76.4 cm³/mol. The summed E-state index contributed by atoms with van der Waals surface area (Å²) in [5, 5.41) is 0.832. The molecule has 0 saturated carbocycles. The number of carbonyl (C=O) groups excluding carboxylic acids is 1. The zero-order valence-corrected chi connectivity index (χ0v) is 11.6. The number of carbonyl (C=O) groups is 1. The highest BCUT2D eigenvalue weighted by Crippen LogP contribution is 2.29. The Labute approximate surface area is 119 Å². The molecule has 0 aliphatic heterocycles. The van der Waals surface area contributed by atoms with Crippen LogP contribution in [0.5, 0.6) is 0 Å². The second-order valence-electron chi connectivity index (χ2n) is 3.80. The van der Waals surface area contributed by atoms with E-state index in [0.717, 1.165) is 4.90 Å². The maximum absolute atomic E-state index is 11.3. The summed E-state index contributed by atoms with van der Waals surface area (Å²) in [4.78, 5) is 20.2. The maximum Gasteiger partial charge on any atom is 0.196 e. The lowest BCUT2D eigenvalue weighted by Crippen LogP contribution is -1.99. The first kappa shape index (κ1) is 13.6. The van der Waals surface area contributed by atoms with Gasteiger partial charge in [0.1, 0.15) is 11.6 Å². The Bertz CT molecular complexity index is 627. The highest BCUT2D eigenvalue weighted by molar-refractivity contribution is 7.99. The number of nitrogens with two attached hydrogens (primary N) is 2. The summed E-state index contributed by atoms with van der Waals surface area (Å²) in [6, 6.07) is 6.61. The van der Waals surface area contributed by atoms with Gasteiger partial charge in [0.15, 0.2) is 10.9 Å². The standard InChI is InChI=1S/C12H11ClN4OS/c1-6(18)8-3-2-7(4-9(8)13)19-12-16-10(14)5-11(15)17-12/h2-5H,1H3,(H4,14,15,16,17). The van der Waals surface area contributed by atoms with Gasteiger partial charge in [-0.1, -0.05) is 11.6 Å². The molecule has 0 radical (unpaired) electrons. The minimum absolute atomic E-state index is 0.0778. The average molecular weight is 295 g/mol. The Balaban J connectivity index is 2.28. The molecule has 0 aliphatic carbocycles. The number of anilines is 2. The number of benzene rings is 1.